The first-order chi connectivity index (χ1) is 25.2. The van der Waals surface area contributed by atoms with Crippen LogP contribution in [0.2, 0.25) is 0 Å². The molecule has 0 spiro atoms. The van der Waals surface area contributed by atoms with Crippen molar-refractivity contribution in [2.45, 2.75) is 58.4 Å². The standard InChI is InChI=1S/C43H44N2O7/c1-4-5-6-7-10-26-51-35-23-19-33(20-24-35)43(49)52-39-25-16-30(28-40(39)50-3)27-38(29(2)46)45-41(47)32-17-21-34(22-18-32)44-42(48)37-15-11-13-31-12-8-9-14-36(31)37/h8-9,11-25,28,38H,4-7,10,26-27H2,1-3H3,(H,44,48)(H,45,47). The van der Waals surface area contributed by atoms with Crippen molar-refractivity contribution in [2.24, 2.45) is 0 Å². The van der Waals surface area contributed by atoms with Gasteiger partial charge in [-0.2, -0.15) is 0 Å². The number of hydrogen-bond donors (Lipinski definition) is 2. The van der Waals surface area contributed by atoms with Crippen LogP contribution in [0.1, 0.15) is 82.6 Å². The van der Waals surface area contributed by atoms with E-state index in [4.69, 9.17) is 14.2 Å². The Morgan fingerprint density at radius 3 is 2.15 bits per heavy atom. The predicted octanol–water partition coefficient (Wildman–Crippen LogP) is 8.60. The Bertz CT molecular complexity index is 2000. The van der Waals surface area contributed by atoms with Gasteiger partial charge in [0, 0.05) is 16.8 Å². The molecular formula is C43H44N2O7. The van der Waals surface area contributed by atoms with E-state index >= 15 is 0 Å². The number of hydrogen-bond acceptors (Lipinski definition) is 7. The summed E-state index contributed by atoms with van der Waals surface area (Å²) in [6, 6.07) is 30.7. The van der Waals surface area contributed by atoms with E-state index < -0.39 is 17.9 Å². The molecule has 1 atom stereocenters. The Labute approximate surface area is 304 Å². The van der Waals surface area contributed by atoms with Crippen LogP contribution in [-0.4, -0.2) is 43.3 Å². The smallest absolute Gasteiger partial charge is 0.343 e. The molecule has 5 rings (SSSR count). The molecule has 0 saturated carbocycles. The van der Waals surface area contributed by atoms with Crippen LogP contribution in [-0.2, 0) is 11.2 Å². The van der Waals surface area contributed by atoms with Crippen molar-refractivity contribution in [1.82, 2.24) is 5.32 Å². The highest BCUT2D eigenvalue weighted by molar-refractivity contribution is 6.13. The van der Waals surface area contributed by atoms with Crippen LogP contribution < -0.4 is 24.8 Å². The van der Waals surface area contributed by atoms with Crippen LogP contribution in [0, 0.1) is 0 Å². The van der Waals surface area contributed by atoms with E-state index in [0.29, 0.717) is 46.0 Å². The average molecular weight is 701 g/mol. The maximum absolute atomic E-state index is 13.2. The predicted molar refractivity (Wildman–Crippen MR) is 203 cm³/mol. The Hall–Kier alpha value is -5.96. The number of carbonyl (C=O) groups excluding carboxylic acids is 4. The Morgan fingerprint density at radius 1 is 0.712 bits per heavy atom. The minimum Gasteiger partial charge on any atom is -0.494 e. The number of anilines is 1. The third-order valence-corrected chi connectivity index (χ3v) is 8.71. The molecule has 0 aliphatic rings. The van der Waals surface area contributed by atoms with Gasteiger partial charge in [-0.25, -0.2) is 4.79 Å². The number of unbranched alkanes of at least 4 members (excludes halogenated alkanes) is 4. The summed E-state index contributed by atoms with van der Waals surface area (Å²) in [5.74, 6) is -0.253. The highest BCUT2D eigenvalue weighted by Gasteiger charge is 2.21. The molecular weight excluding hydrogens is 656 g/mol. The summed E-state index contributed by atoms with van der Waals surface area (Å²) in [7, 11) is 1.46. The van der Waals surface area contributed by atoms with Gasteiger partial charge in [-0.1, -0.05) is 75.1 Å². The largest absolute Gasteiger partial charge is 0.494 e. The molecule has 52 heavy (non-hydrogen) atoms. The second kappa shape index (κ2) is 18.3. The van der Waals surface area contributed by atoms with Crippen LogP contribution in [0.5, 0.6) is 17.2 Å². The van der Waals surface area contributed by atoms with Crippen molar-refractivity contribution in [3.63, 3.8) is 0 Å². The summed E-state index contributed by atoms with van der Waals surface area (Å²) in [6.45, 7) is 4.23. The van der Waals surface area contributed by atoms with E-state index in [0.717, 1.165) is 23.6 Å². The maximum atomic E-state index is 13.2. The van der Waals surface area contributed by atoms with E-state index in [1.54, 1.807) is 72.8 Å². The first kappa shape index (κ1) is 37.3. The lowest BCUT2D eigenvalue weighted by Gasteiger charge is -2.17. The minimum atomic E-state index is -0.826. The van der Waals surface area contributed by atoms with E-state index in [1.807, 2.05) is 36.4 Å². The molecule has 0 bridgehead atoms. The molecule has 0 aromatic heterocycles. The highest BCUT2D eigenvalue weighted by atomic mass is 16.6. The number of benzene rings is 5. The molecule has 2 N–H and O–H groups in total. The fraction of sp³-hybridized carbons (Fsp3) is 0.256. The first-order valence-electron chi connectivity index (χ1n) is 17.6. The fourth-order valence-corrected chi connectivity index (χ4v) is 5.77. The molecule has 0 aliphatic carbocycles. The van der Waals surface area contributed by atoms with Gasteiger partial charge in [0.15, 0.2) is 17.3 Å². The lowest BCUT2D eigenvalue weighted by molar-refractivity contribution is -0.118. The number of amides is 2. The first-order valence-corrected chi connectivity index (χ1v) is 17.6. The molecule has 0 radical (unpaired) electrons. The summed E-state index contributed by atoms with van der Waals surface area (Å²) in [6.07, 6.45) is 5.95. The van der Waals surface area contributed by atoms with Crippen LogP contribution in [0.4, 0.5) is 5.69 Å². The maximum Gasteiger partial charge on any atom is 0.343 e. The second-order valence-corrected chi connectivity index (χ2v) is 12.6. The molecule has 5 aromatic carbocycles. The number of fused-ring (bicyclic) bond motifs is 1. The Morgan fingerprint density at radius 2 is 1.42 bits per heavy atom. The zero-order chi connectivity index (χ0) is 36.9. The molecule has 0 saturated heterocycles. The van der Waals surface area contributed by atoms with E-state index in [2.05, 4.69) is 17.6 Å². The van der Waals surface area contributed by atoms with Gasteiger partial charge >= 0.3 is 5.97 Å². The summed E-state index contributed by atoms with van der Waals surface area (Å²) < 4.78 is 16.9. The van der Waals surface area contributed by atoms with Crippen molar-refractivity contribution >= 4 is 40.0 Å². The third kappa shape index (κ3) is 10.1. The zero-order valence-corrected chi connectivity index (χ0v) is 29.8. The van der Waals surface area contributed by atoms with Gasteiger partial charge in [-0.05, 0) is 103 Å². The second-order valence-electron chi connectivity index (χ2n) is 12.6. The fourth-order valence-electron chi connectivity index (χ4n) is 5.77. The Kier molecular flexibility index (Phi) is 13.1. The van der Waals surface area contributed by atoms with Crippen molar-refractivity contribution in [3.8, 4) is 17.2 Å². The van der Waals surface area contributed by atoms with E-state index in [9.17, 15) is 19.2 Å². The summed E-state index contributed by atoms with van der Waals surface area (Å²) in [5.41, 5.74) is 2.46. The van der Waals surface area contributed by atoms with E-state index in [-0.39, 0.29) is 23.9 Å². The number of nitrogens with one attached hydrogen (secondary N) is 2. The van der Waals surface area contributed by atoms with Gasteiger partial charge in [0.25, 0.3) is 11.8 Å². The third-order valence-electron chi connectivity index (χ3n) is 8.71. The number of carbonyl (C=O) groups is 4. The van der Waals surface area contributed by atoms with Gasteiger partial charge in [-0.3, -0.25) is 14.4 Å². The molecule has 5 aromatic rings. The molecule has 9 nitrogen and oxygen atoms in total. The summed E-state index contributed by atoms with van der Waals surface area (Å²) in [4.78, 5) is 51.7. The zero-order valence-electron chi connectivity index (χ0n) is 29.8. The molecule has 9 heteroatoms. The quantitative estimate of drug-likeness (QED) is 0.0566. The van der Waals surface area contributed by atoms with Crippen molar-refractivity contribution in [3.05, 3.63) is 131 Å². The van der Waals surface area contributed by atoms with Crippen LogP contribution in [0.3, 0.4) is 0 Å². The van der Waals surface area contributed by atoms with Crippen molar-refractivity contribution in [1.29, 1.82) is 0 Å². The molecule has 1 unspecified atom stereocenters. The SMILES string of the molecule is CCCCCCCOc1ccc(C(=O)Oc2ccc(CC(NC(=O)c3ccc(NC(=O)c4cccc5ccccc45)cc3)C(C)=O)cc2OC)cc1. The number of Topliss-reactive ketones (excluding diaryl/α,β-unsaturated/α-hetero) is 1. The van der Waals surface area contributed by atoms with Gasteiger partial charge < -0.3 is 24.8 Å². The lowest BCUT2D eigenvalue weighted by Crippen LogP contribution is -2.41. The van der Waals surface area contributed by atoms with Gasteiger partial charge in [0.1, 0.15) is 5.75 Å². The monoisotopic (exact) mass is 700 g/mol. The van der Waals surface area contributed by atoms with Crippen LogP contribution in [0.25, 0.3) is 10.8 Å². The summed E-state index contributed by atoms with van der Waals surface area (Å²) in [5, 5.41) is 7.51. The van der Waals surface area contributed by atoms with Crippen LogP contribution >= 0.6 is 0 Å². The van der Waals surface area contributed by atoms with Crippen LogP contribution in [0.15, 0.2) is 109 Å². The highest BCUT2D eigenvalue weighted by Crippen LogP contribution is 2.30. The molecule has 0 fully saturated rings. The number of esters is 1. The average Bonchev–Trinajstić information content (AvgIpc) is 3.16. The lowest BCUT2D eigenvalue weighted by atomic mass is 10.0. The Balaban J connectivity index is 1.16. The van der Waals surface area contributed by atoms with E-state index in [1.165, 1.54) is 33.3 Å². The van der Waals surface area contributed by atoms with Crippen molar-refractivity contribution in [2.75, 3.05) is 19.0 Å². The molecule has 0 heterocycles. The number of rotatable bonds is 17. The van der Waals surface area contributed by atoms with Gasteiger partial charge in [-0.15, -0.1) is 0 Å². The number of ketones is 1. The molecule has 0 aliphatic heterocycles. The number of ether oxygens (including phenoxy) is 3. The van der Waals surface area contributed by atoms with Gasteiger partial charge in [0.2, 0.25) is 0 Å². The summed E-state index contributed by atoms with van der Waals surface area (Å²) >= 11 is 0. The van der Waals surface area contributed by atoms with Gasteiger partial charge in [0.05, 0.1) is 25.3 Å². The molecule has 268 valence electrons. The normalized spacial score (nSPS) is 11.4. The topological polar surface area (TPSA) is 120 Å². The minimum absolute atomic E-state index is 0.185. The number of methoxy groups -OCH3 is 1. The molecule has 2 amide bonds. The van der Waals surface area contributed by atoms with Crippen molar-refractivity contribution < 1.29 is 33.4 Å².